The molecule has 17 heavy (non-hydrogen) atoms. The van der Waals surface area contributed by atoms with Crippen molar-refractivity contribution in [3.63, 3.8) is 0 Å². The molecule has 88 valence electrons. The Hall–Kier alpha value is -2.28. The maximum atomic E-state index is 10.6. The Balaban J connectivity index is 2.66. The van der Waals surface area contributed by atoms with Gasteiger partial charge in [-0.05, 0) is 12.1 Å². The molecule has 4 nitrogen and oxygen atoms in total. The number of hydrogen-bond acceptors (Lipinski definition) is 3. The van der Waals surface area contributed by atoms with Crippen LogP contribution in [0.5, 0.6) is 5.75 Å². The number of aldehydes is 1. The summed E-state index contributed by atoms with van der Waals surface area (Å²) in [6.07, 6.45) is 1.07. The van der Waals surface area contributed by atoms with Crippen LogP contribution in [0.25, 0.3) is 0 Å². The second kappa shape index (κ2) is 6.33. The smallest absolute Gasteiger partial charge is 0.216 e. The lowest BCUT2D eigenvalue weighted by atomic mass is 10.1. The molecule has 0 aliphatic rings. The first-order valence-electron chi connectivity index (χ1n) is 5.15. The minimum atomic E-state index is -0.102. The monoisotopic (exact) mass is 231 g/mol. The zero-order chi connectivity index (χ0) is 12.7. The molecule has 0 saturated heterocycles. The second-order valence-electron chi connectivity index (χ2n) is 3.40. The van der Waals surface area contributed by atoms with Gasteiger partial charge in [-0.25, -0.2) is 0 Å². The first kappa shape index (κ1) is 12.8. The number of amides is 1. The van der Waals surface area contributed by atoms with Crippen molar-refractivity contribution >= 4 is 12.2 Å². The quantitative estimate of drug-likeness (QED) is 0.465. The Morgan fingerprint density at radius 1 is 1.53 bits per heavy atom. The molecule has 1 aromatic carbocycles. The van der Waals surface area contributed by atoms with Gasteiger partial charge < -0.3 is 10.4 Å². The van der Waals surface area contributed by atoms with Crippen molar-refractivity contribution in [2.24, 2.45) is 0 Å². The fourth-order valence-corrected chi connectivity index (χ4v) is 1.22. The third-order valence-electron chi connectivity index (χ3n) is 2.04. The highest BCUT2D eigenvalue weighted by atomic mass is 16.3. The lowest BCUT2D eigenvalue weighted by Gasteiger charge is -1.99. The van der Waals surface area contributed by atoms with Crippen molar-refractivity contribution in [2.75, 3.05) is 6.54 Å². The average molecular weight is 231 g/mol. The SMILES string of the molecule is CC(=O)NCCC#Cc1cccc(C=O)c1O. The molecule has 2 N–H and O–H groups in total. The van der Waals surface area contributed by atoms with Gasteiger partial charge in [-0.2, -0.15) is 0 Å². The van der Waals surface area contributed by atoms with Crippen LogP contribution >= 0.6 is 0 Å². The molecular weight excluding hydrogens is 218 g/mol. The fourth-order valence-electron chi connectivity index (χ4n) is 1.22. The standard InChI is InChI=1S/C13H13NO3/c1-10(16)14-8-3-2-5-11-6-4-7-12(9-15)13(11)17/h4,6-7,9,17H,3,8H2,1H3,(H,14,16). The van der Waals surface area contributed by atoms with Gasteiger partial charge in [0.05, 0.1) is 11.1 Å². The molecule has 0 atom stereocenters. The number of phenols is 1. The molecule has 0 heterocycles. The Bertz CT molecular complexity index is 483. The first-order chi connectivity index (χ1) is 8.15. The summed E-state index contributed by atoms with van der Waals surface area (Å²) in [5, 5.41) is 12.2. The van der Waals surface area contributed by atoms with Crippen LogP contribution in [0.15, 0.2) is 18.2 Å². The molecule has 0 aromatic heterocycles. The van der Waals surface area contributed by atoms with Crippen molar-refractivity contribution in [2.45, 2.75) is 13.3 Å². The molecule has 1 rings (SSSR count). The Kier molecular flexibility index (Phi) is 4.77. The van der Waals surface area contributed by atoms with Crippen LogP contribution in [0.4, 0.5) is 0 Å². The van der Waals surface area contributed by atoms with Gasteiger partial charge in [0.15, 0.2) is 6.29 Å². The van der Waals surface area contributed by atoms with E-state index in [1.54, 1.807) is 12.1 Å². The third kappa shape index (κ3) is 3.99. The summed E-state index contributed by atoms with van der Waals surface area (Å²) in [4.78, 5) is 21.2. The van der Waals surface area contributed by atoms with E-state index in [-0.39, 0.29) is 17.2 Å². The van der Waals surface area contributed by atoms with Gasteiger partial charge >= 0.3 is 0 Å². The number of phenolic OH excluding ortho intramolecular Hbond substituents is 1. The molecule has 0 bridgehead atoms. The second-order valence-corrected chi connectivity index (χ2v) is 3.40. The minimum Gasteiger partial charge on any atom is -0.506 e. The largest absolute Gasteiger partial charge is 0.506 e. The summed E-state index contributed by atoms with van der Waals surface area (Å²) in [7, 11) is 0. The molecule has 0 radical (unpaired) electrons. The lowest BCUT2D eigenvalue weighted by molar-refractivity contribution is -0.118. The number of rotatable bonds is 3. The predicted octanol–water partition coefficient (Wildman–Crippen LogP) is 1.08. The van der Waals surface area contributed by atoms with Gasteiger partial charge in [-0.15, -0.1) is 0 Å². The highest BCUT2D eigenvalue weighted by molar-refractivity contribution is 5.80. The summed E-state index contributed by atoms with van der Waals surface area (Å²) in [6.45, 7) is 1.91. The van der Waals surface area contributed by atoms with E-state index >= 15 is 0 Å². The van der Waals surface area contributed by atoms with Gasteiger partial charge in [-0.3, -0.25) is 9.59 Å². The molecule has 1 aromatic rings. The molecule has 4 heteroatoms. The molecular formula is C13H13NO3. The Morgan fingerprint density at radius 3 is 2.94 bits per heavy atom. The summed E-state index contributed by atoms with van der Waals surface area (Å²) in [5.41, 5.74) is 0.635. The summed E-state index contributed by atoms with van der Waals surface area (Å²) >= 11 is 0. The third-order valence-corrected chi connectivity index (χ3v) is 2.04. The number of carbonyl (C=O) groups excluding carboxylic acids is 2. The van der Waals surface area contributed by atoms with Crippen LogP contribution in [0, 0.1) is 11.8 Å². The topological polar surface area (TPSA) is 66.4 Å². The Labute approximate surface area is 99.7 Å². The van der Waals surface area contributed by atoms with Crippen LogP contribution in [0.1, 0.15) is 29.3 Å². The van der Waals surface area contributed by atoms with Crippen LogP contribution < -0.4 is 5.32 Å². The summed E-state index contributed by atoms with van der Waals surface area (Å²) in [5.74, 6) is 5.36. The zero-order valence-corrected chi connectivity index (χ0v) is 9.49. The average Bonchev–Trinajstić information content (AvgIpc) is 2.30. The molecule has 0 spiro atoms. The summed E-state index contributed by atoms with van der Waals surface area (Å²) < 4.78 is 0. The van der Waals surface area contributed by atoms with Crippen LogP contribution in [-0.4, -0.2) is 23.8 Å². The number of aromatic hydroxyl groups is 1. The van der Waals surface area contributed by atoms with Gasteiger partial charge in [0.2, 0.25) is 5.91 Å². The Morgan fingerprint density at radius 2 is 2.29 bits per heavy atom. The molecule has 0 unspecified atom stereocenters. The van der Waals surface area contributed by atoms with E-state index in [2.05, 4.69) is 17.2 Å². The van der Waals surface area contributed by atoms with Crippen molar-refractivity contribution in [3.05, 3.63) is 29.3 Å². The molecule has 0 aliphatic carbocycles. The summed E-state index contributed by atoms with van der Waals surface area (Å²) in [6, 6.07) is 4.81. The van der Waals surface area contributed by atoms with E-state index in [0.29, 0.717) is 24.8 Å². The molecule has 0 saturated carbocycles. The number of nitrogens with one attached hydrogen (secondary N) is 1. The molecule has 0 aliphatic heterocycles. The van der Waals surface area contributed by atoms with E-state index < -0.39 is 0 Å². The van der Waals surface area contributed by atoms with E-state index in [9.17, 15) is 14.7 Å². The van der Waals surface area contributed by atoms with Crippen LogP contribution in [-0.2, 0) is 4.79 Å². The number of benzene rings is 1. The maximum absolute atomic E-state index is 10.6. The highest BCUT2D eigenvalue weighted by Crippen LogP contribution is 2.19. The lowest BCUT2D eigenvalue weighted by Crippen LogP contribution is -2.20. The van der Waals surface area contributed by atoms with Crippen molar-refractivity contribution in [3.8, 4) is 17.6 Å². The number of carbonyl (C=O) groups is 2. The van der Waals surface area contributed by atoms with Crippen molar-refractivity contribution < 1.29 is 14.7 Å². The molecule has 1 amide bonds. The van der Waals surface area contributed by atoms with E-state index in [0.717, 1.165) is 0 Å². The highest BCUT2D eigenvalue weighted by Gasteiger charge is 2.02. The maximum Gasteiger partial charge on any atom is 0.216 e. The minimum absolute atomic E-state index is 0.0994. The predicted molar refractivity (Wildman–Crippen MR) is 63.7 cm³/mol. The van der Waals surface area contributed by atoms with E-state index in [1.165, 1.54) is 13.0 Å². The van der Waals surface area contributed by atoms with Gasteiger partial charge in [0, 0.05) is 19.9 Å². The normalized spacial score (nSPS) is 9.00. The van der Waals surface area contributed by atoms with Gasteiger partial charge in [0.25, 0.3) is 0 Å². The van der Waals surface area contributed by atoms with Gasteiger partial charge in [-0.1, -0.05) is 17.9 Å². The molecule has 0 fully saturated rings. The zero-order valence-electron chi connectivity index (χ0n) is 9.49. The van der Waals surface area contributed by atoms with Crippen LogP contribution in [0.2, 0.25) is 0 Å². The van der Waals surface area contributed by atoms with Crippen molar-refractivity contribution in [1.82, 2.24) is 5.32 Å². The first-order valence-corrected chi connectivity index (χ1v) is 5.15. The van der Waals surface area contributed by atoms with E-state index in [4.69, 9.17) is 0 Å². The number of para-hydroxylation sites is 1. The van der Waals surface area contributed by atoms with E-state index in [1.807, 2.05) is 0 Å². The fraction of sp³-hybridized carbons (Fsp3) is 0.231. The van der Waals surface area contributed by atoms with Gasteiger partial charge in [0.1, 0.15) is 5.75 Å². The van der Waals surface area contributed by atoms with Crippen molar-refractivity contribution in [1.29, 1.82) is 0 Å². The van der Waals surface area contributed by atoms with Crippen LogP contribution in [0.3, 0.4) is 0 Å². The number of hydrogen-bond donors (Lipinski definition) is 2.